The van der Waals surface area contributed by atoms with Crippen molar-refractivity contribution < 1.29 is 4.74 Å². The lowest BCUT2D eigenvalue weighted by atomic mass is 10.1. The van der Waals surface area contributed by atoms with Gasteiger partial charge in [0.25, 0.3) is 0 Å². The van der Waals surface area contributed by atoms with Crippen molar-refractivity contribution in [1.82, 2.24) is 14.5 Å². The fourth-order valence-electron chi connectivity index (χ4n) is 3.55. The second-order valence-corrected chi connectivity index (χ2v) is 6.57. The van der Waals surface area contributed by atoms with Crippen molar-refractivity contribution in [1.29, 1.82) is 0 Å². The Morgan fingerprint density at radius 2 is 1.92 bits per heavy atom. The monoisotopic (exact) mass is 333 g/mol. The van der Waals surface area contributed by atoms with E-state index in [-0.39, 0.29) is 0 Å². The topological polar surface area (TPSA) is 30.3 Å². The first kappa shape index (κ1) is 15.9. The Kier molecular flexibility index (Phi) is 4.28. The summed E-state index contributed by atoms with van der Waals surface area (Å²) in [6, 6.07) is 18.8. The quantitative estimate of drug-likeness (QED) is 0.730. The van der Waals surface area contributed by atoms with Crippen molar-refractivity contribution >= 4 is 0 Å². The number of methoxy groups -OCH3 is 1. The van der Waals surface area contributed by atoms with Crippen molar-refractivity contribution in [2.24, 2.45) is 7.05 Å². The third-order valence-electron chi connectivity index (χ3n) is 4.91. The van der Waals surface area contributed by atoms with Gasteiger partial charge in [0.2, 0.25) is 0 Å². The highest BCUT2D eigenvalue weighted by atomic mass is 16.5. The summed E-state index contributed by atoms with van der Waals surface area (Å²) in [6.45, 7) is 2.90. The van der Waals surface area contributed by atoms with E-state index in [2.05, 4.69) is 59.0 Å². The van der Waals surface area contributed by atoms with Gasteiger partial charge in [-0.25, -0.2) is 4.98 Å². The van der Waals surface area contributed by atoms with Gasteiger partial charge in [-0.3, -0.25) is 4.90 Å². The molecule has 2 aromatic carbocycles. The fraction of sp³-hybridized carbons (Fsp3) is 0.286. The molecule has 0 saturated carbocycles. The van der Waals surface area contributed by atoms with Crippen LogP contribution < -0.4 is 4.74 Å². The molecular formula is C21H23N3O. The first-order valence-corrected chi connectivity index (χ1v) is 8.70. The average molecular weight is 333 g/mol. The van der Waals surface area contributed by atoms with Crippen LogP contribution in [0.5, 0.6) is 5.75 Å². The van der Waals surface area contributed by atoms with Gasteiger partial charge in [0.1, 0.15) is 11.6 Å². The molecular weight excluding hydrogens is 310 g/mol. The van der Waals surface area contributed by atoms with Crippen LogP contribution in [0.4, 0.5) is 0 Å². The largest absolute Gasteiger partial charge is 0.497 e. The summed E-state index contributed by atoms with van der Waals surface area (Å²) in [6.07, 6.45) is 1.000. The van der Waals surface area contributed by atoms with Gasteiger partial charge in [-0.15, -0.1) is 0 Å². The number of hydrogen-bond acceptors (Lipinski definition) is 3. The molecule has 0 radical (unpaired) electrons. The molecule has 128 valence electrons. The van der Waals surface area contributed by atoms with E-state index in [1.807, 2.05) is 12.1 Å². The van der Waals surface area contributed by atoms with Crippen molar-refractivity contribution in [3.63, 3.8) is 0 Å². The highest BCUT2D eigenvalue weighted by Crippen LogP contribution is 2.26. The number of aromatic nitrogens is 2. The van der Waals surface area contributed by atoms with Crippen LogP contribution in [-0.4, -0.2) is 28.1 Å². The Morgan fingerprint density at radius 1 is 1.08 bits per heavy atom. The van der Waals surface area contributed by atoms with Crippen LogP contribution in [0.2, 0.25) is 0 Å². The number of ether oxygens (including phenoxy) is 1. The van der Waals surface area contributed by atoms with Crippen LogP contribution in [0.1, 0.15) is 17.0 Å². The van der Waals surface area contributed by atoms with E-state index in [4.69, 9.17) is 9.72 Å². The number of imidazole rings is 1. The predicted octanol–water partition coefficient (Wildman–Crippen LogP) is 3.65. The minimum Gasteiger partial charge on any atom is -0.497 e. The van der Waals surface area contributed by atoms with E-state index >= 15 is 0 Å². The van der Waals surface area contributed by atoms with Gasteiger partial charge < -0.3 is 9.30 Å². The van der Waals surface area contributed by atoms with Gasteiger partial charge in [0, 0.05) is 38.7 Å². The Labute approximate surface area is 148 Å². The van der Waals surface area contributed by atoms with E-state index in [1.54, 1.807) is 7.11 Å². The molecule has 3 aromatic rings. The molecule has 0 atom stereocenters. The summed E-state index contributed by atoms with van der Waals surface area (Å²) in [5.41, 5.74) is 5.03. The van der Waals surface area contributed by atoms with Crippen LogP contribution in [0.25, 0.3) is 11.4 Å². The first-order chi connectivity index (χ1) is 12.2. The molecule has 4 rings (SSSR count). The Bertz CT molecular complexity index is 870. The van der Waals surface area contributed by atoms with Crippen LogP contribution in [0, 0.1) is 0 Å². The van der Waals surface area contributed by atoms with Crippen LogP contribution in [0.15, 0.2) is 54.6 Å². The molecule has 0 unspecified atom stereocenters. The molecule has 0 amide bonds. The van der Waals surface area contributed by atoms with Gasteiger partial charge in [0.15, 0.2) is 0 Å². The molecule has 2 heterocycles. The summed E-state index contributed by atoms with van der Waals surface area (Å²) in [4.78, 5) is 7.39. The molecule has 0 fully saturated rings. The molecule has 25 heavy (non-hydrogen) atoms. The number of benzene rings is 2. The molecule has 0 aliphatic carbocycles. The lowest BCUT2D eigenvalue weighted by Crippen LogP contribution is -2.31. The summed E-state index contributed by atoms with van der Waals surface area (Å²) >= 11 is 0. The molecule has 1 aromatic heterocycles. The van der Waals surface area contributed by atoms with E-state index < -0.39 is 0 Å². The molecule has 0 N–H and O–H groups in total. The summed E-state index contributed by atoms with van der Waals surface area (Å²) < 4.78 is 7.59. The van der Waals surface area contributed by atoms with Gasteiger partial charge >= 0.3 is 0 Å². The maximum atomic E-state index is 5.34. The summed E-state index contributed by atoms with van der Waals surface area (Å²) in [5.74, 6) is 1.98. The third-order valence-corrected chi connectivity index (χ3v) is 4.91. The van der Waals surface area contributed by atoms with Gasteiger partial charge in [0.05, 0.1) is 18.5 Å². The highest BCUT2D eigenvalue weighted by molar-refractivity contribution is 5.57. The minimum atomic E-state index is 0.919. The zero-order valence-corrected chi connectivity index (χ0v) is 14.8. The maximum absolute atomic E-state index is 5.34. The smallest absolute Gasteiger partial charge is 0.140 e. The van der Waals surface area contributed by atoms with Gasteiger partial charge in [-0.1, -0.05) is 42.5 Å². The van der Waals surface area contributed by atoms with Crippen molar-refractivity contribution in [2.45, 2.75) is 19.5 Å². The van der Waals surface area contributed by atoms with Crippen LogP contribution in [0.3, 0.4) is 0 Å². The Balaban J connectivity index is 1.56. The Morgan fingerprint density at radius 3 is 2.72 bits per heavy atom. The Hall–Kier alpha value is -2.59. The van der Waals surface area contributed by atoms with Crippen LogP contribution in [-0.2, 0) is 26.6 Å². The molecule has 4 heteroatoms. The SMILES string of the molecule is COc1cccc(CN2CCc3nc(-c4ccccc4)n(C)c3C2)c1. The lowest BCUT2D eigenvalue weighted by Gasteiger charge is -2.27. The lowest BCUT2D eigenvalue weighted by molar-refractivity contribution is 0.238. The average Bonchev–Trinajstić information content (AvgIpc) is 2.99. The molecule has 1 aliphatic heterocycles. The van der Waals surface area contributed by atoms with Crippen molar-refractivity contribution in [3.05, 3.63) is 71.5 Å². The minimum absolute atomic E-state index is 0.919. The highest BCUT2D eigenvalue weighted by Gasteiger charge is 2.23. The fourth-order valence-corrected chi connectivity index (χ4v) is 3.55. The van der Waals surface area contributed by atoms with E-state index in [0.717, 1.165) is 37.6 Å². The van der Waals surface area contributed by atoms with E-state index in [0.29, 0.717) is 0 Å². The van der Waals surface area contributed by atoms with Gasteiger partial charge in [-0.2, -0.15) is 0 Å². The predicted molar refractivity (Wildman–Crippen MR) is 99.5 cm³/mol. The zero-order valence-electron chi connectivity index (χ0n) is 14.8. The normalized spacial score (nSPS) is 14.3. The third kappa shape index (κ3) is 3.17. The van der Waals surface area contributed by atoms with E-state index in [9.17, 15) is 0 Å². The van der Waals surface area contributed by atoms with Crippen molar-refractivity contribution in [3.8, 4) is 17.1 Å². The van der Waals surface area contributed by atoms with Gasteiger partial charge in [-0.05, 0) is 17.7 Å². The standard InChI is InChI=1S/C21H23N3O/c1-23-20-15-24(14-16-7-6-10-18(13-16)25-2)12-11-19(20)22-21(23)17-8-4-3-5-9-17/h3-10,13H,11-12,14-15H2,1-2H3. The molecule has 0 bridgehead atoms. The number of rotatable bonds is 4. The number of nitrogens with zero attached hydrogens (tertiary/aromatic N) is 3. The molecule has 0 saturated heterocycles. The number of hydrogen-bond donors (Lipinski definition) is 0. The molecule has 4 nitrogen and oxygen atoms in total. The first-order valence-electron chi connectivity index (χ1n) is 8.70. The maximum Gasteiger partial charge on any atom is 0.140 e. The second kappa shape index (κ2) is 6.73. The molecule has 1 aliphatic rings. The van der Waals surface area contributed by atoms with Crippen LogP contribution >= 0.6 is 0 Å². The second-order valence-electron chi connectivity index (χ2n) is 6.57. The van der Waals surface area contributed by atoms with Crippen molar-refractivity contribution in [2.75, 3.05) is 13.7 Å². The number of fused-ring (bicyclic) bond motifs is 1. The zero-order chi connectivity index (χ0) is 17.2. The summed E-state index contributed by atoms with van der Waals surface area (Å²) in [5, 5.41) is 0. The summed E-state index contributed by atoms with van der Waals surface area (Å²) in [7, 11) is 3.84. The molecule has 0 spiro atoms. The van der Waals surface area contributed by atoms with E-state index in [1.165, 1.54) is 22.5 Å².